The van der Waals surface area contributed by atoms with Gasteiger partial charge in [-0.25, -0.2) is 4.79 Å². The number of anilines is 1. The van der Waals surface area contributed by atoms with E-state index in [1.807, 2.05) is 38.2 Å². The highest BCUT2D eigenvalue weighted by atomic mass is 28.3. The number of hydrogen-bond donors (Lipinski definition) is 0. The molecule has 0 unspecified atom stereocenters. The summed E-state index contributed by atoms with van der Waals surface area (Å²) in [5.41, 5.74) is 1.62. The van der Waals surface area contributed by atoms with Crippen molar-refractivity contribution < 1.29 is 9.53 Å². The number of carbonyl (C=O) groups is 1. The average Bonchev–Trinajstić information content (AvgIpc) is 2.27. The molecule has 1 aromatic carbocycles. The van der Waals surface area contributed by atoms with E-state index >= 15 is 0 Å². The van der Waals surface area contributed by atoms with Gasteiger partial charge in [0.1, 0.15) is 8.24 Å². The molecule has 0 aliphatic carbocycles. The Kier molecular flexibility index (Phi) is 4.34. The molecule has 0 spiro atoms. The van der Waals surface area contributed by atoms with E-state index in [1.165, 1.54) is 0 Å². The van der Waals surface area contributed by atoms with E-state index in [2.05, 4.69) is 24.2 Å². The Hall–Kier alpha value is -1.29. The van der Waals surface area contributed by atoms with Crippen LogP contribution in [0.3, 0.4) is 0 Å². The number of nitrogens with zero attached hydrogens (tertiary/aromatic N) is 1. The molecule has 94 valence electrons. The molecule has 0 aromatic heterocycles. The normalized spacial score (nSPS) is 11.1. The van der Waals surface area contributed by atoms with Crippen LogP contribution in [0.1, 0.15) is 17.3 Å². The molecule has 0 amide bonds. The predicted octanol–water partition coefficient (Wildman–Crippen LogP) is 3.13. The Morgan fingerprint density at radius 3 is 2.41 bits per heavy atom. The zero-order valence-corrected chi connectivity index (χ0v) is 12.3. The molecule has 1 aromatic rings. The summed E-state index contributed by atoms with van der Waals surface area (Å²) in [6.07, 6.45) is 0. The second kappa shape index (κ2) is 5.36. The summed E-state index contributed by atoms with van der Waals surface area (Å²) in [6.45, 7) is 8.96. The van der Waals surface area contributed by atoms with E-state index in [1.54, 1.807) is 0 Å². The molecular weight excluding hydrogens is 230 g/mol. The van der Waals surface area contributed by atoms with Crippen molar-refractivity contribution in [1.82, 2.24) is 0 Å². The number of ether oxygens (including phenoxy) is 1. The Labute approximate surface area is 104 Å². The fourth-order valence-electron chi connectivity index (χ4n) is 1.51. The maximum absolute atomic E-state index is 11.9. The zero-order chi connectivity index (χ0) is 13.1. The topological polar surface area (TPSA) is 29.5 Å². The van der Waals surface area contributed by atoms with Gasteiger partial charge in [-0.3, -0.25) is 0 Å². The molecule has 0 heterocycles. The lowest BCUT2D eigenvalue weighted by Crippen LogP contribution is -2.43. The van der Waals surface area contributed by atoms with Crippen LogP contribution in [0.4, 0.5) is 5.69 Å². The molecule has 0 atom stereocenters. The molecule has 17 heavy (non-hydrogen) atoms. The van der Waals surface area contributed by atoms with Gasteiger partial charge in [-0.2, -0.15) is 0 Å². The first-order valence-electron chi connectivity index (χ1n) is 5.88. The van der Waals surface area contributed by atoms with E-state index in [9.17, 15) is 4.79 Å². The van der Waals surface area contributed by atoms with Crippen molar-refractivity contribution in [1.29, 1.82) is 0 Å². The van der Waals surface area contributed by atoms with E-state index < -0.39 is 8.24 Å². The van der Waals surface area contributed by atoms with Gasteiger partial charge in [-0.15, -0.1) is 0 Å². The zero-order valence-electron chi connectivity index (χ0n) is 11.3. The minimum Gasteiger partial charge on any atom is -0.462 e. The molecule has 0 saturated carbocycles. The van der Waals surface area contributed by atoms with E-state index in [-0.39, 0.29) is 5.97 Å². The van der Waals surface area contributed by atoms with Crippen LogP contribution in [-0.4, -0.2) is 27.9 Å². The lowest BCUT2D eigenvalue weighted by atomic mass is 10.2. The van der Waals surface area contributed by atoms with Crippen molar-refractivity contribution in [3.8, 4) is 0 Å². The van der Waals surface area contributed by atoms with Gasteiger partial charge in [0.2, 0.25) is 0 Å². The summed E-state index contributed by atoms with van der Waals surface area (Å²) < 4.78 is 7.30. The molecule has 0 bridgehead atoms. The summed E-state index contributed by atoms with van der Waals surface area (Å²) in [5, 5.41) is 0. The van der Waals surface area contributed by atoms with Gasteiger partial charge in [0.25, 0.3) is 0 Å². The second-order valence-corrected chi connectivity index (χ2v) is 9.98. The van der Waals surface area contributed by atoms with Crippen LogP contribution < -0.4 is 4.57 Å². The Bertz CT molecular complexity index is 399. The van der Waals surface area contributed by atoms with Gasteiger partial charge in [-0.1, -0.05) is 31.8 Å². The quantitative estimate of drug-likeness (QED) is 0.608. The molecule has 1 rings (SSSR count). The third-order valence-electron chi connectivity index (χ3n) is 2.77. The van der Waals surface area contributed by atoms with Crippen molar-refractivity contribution in [3.05, 3.63) is 29.8 Å². The van der Waals surface area contributed by atoms with Gasteiger partial charge < -0.3 is 9.30 Å². The number of rotatable bonds is 4. The predicted molar refractivity (Wildman–Crippen MR) is 74.1 cm³/mol. The average molecular weight is 251 g/mol. The molecule has 3 nitrogen and oxygen atoms in total. The summed E-state index contributed by atoms with van der Waals surface area (Å²) >= 11 is 0. The maximum atomic E-state index is 11.9. The second-order valence-electron chi connectivity index (χ2n) is 4.97. The van der Waals surface area contributed by atoms with Crippen LogP contribution >= 0.6 is 0 Å². The van der Waals surface area contributed by atoms with Crippen LogP contribution in [0.25, 0.3) is 0 Å². The monoisotopic (exact) mass is 251 g/mol. The highest BCUT2D eigenvalue weighted by Gasteiger charge is 2.24. The van der Waals surface area contributed by atoms with Crippen LogP contribution in [0.15, 0.2) is 24.3 Å². The van der Waals surface area contributed by atoms with Crippen molar-refractivity contribution in [2.24, 2.45) is 0 Å². The first-order chi connectivity index (χ1) is 7.88. The smallest absolute Gasteiger partial charge is 0.340 e. The maximum Gasteiger partial charge on any atom is 0.340 e. The molecule has 0 aliphatic heterocycles. The molecular formula is C13H21NO2Si. The minimum absolute atomic E-state index is 0.242. The fourth-order valence-corrected chi connectivity index (χ4v) is 2.43. The third kappa shape index (κ3) is 3.33. The van der Waals surface area contributed by atoms with Crippen LogP contribution in [0.2, 0.25) is 19.6 Å². The van der Waals surface area contributed by atoms with Crippen LogP contribution in [0, 0.1) is 0 Å². The Morgan fingerprint density at radius 2 is 1.88 bits per heavy atom. The molecule has 4 heteroatoms. The summed E-state index contributed by atoms with van der Waals surface area (Å²) in [7, 11) is 0.570. The molecule has 0 radical (unpaired) electrons. The summed E-state index contributed by atoms with van der Waals surface area (Å²) in [6, 6.07) is 7.62. The number of esters is 1. The van der Waals surface area contributed by atoms with Gasteiger partial charge >= 0.3 is 5.97 Å². The van der Waals surface area contributed by atoms with E-state index in [4.69, 9.17) is 4.74 Å². The number of hydrogen-bond acceptors (Lipinski definition) is 3. The molecule has 0 N–H and O–H groups in total. The summed E-state index contributed by atoms with van der Waals surface area (Å²) in [4.78, 5) is 11.9. The molecule has 0 saturated heterocycles. The van der Waals surface area contributed by atoms with Crippen molar-refractivity contribution >= 4 is 19.9 Å². The van der Waals surface area contributed by atoms with Crippen LogP contribution in [0.5, 0.6) is 0 Å². The molecule has 0 aliphatic rings. The van der Waals surface area contributed by atoms with Crippen molar-refractivity contribution in [2.45, 2.75) is 26.6 Å². The lowest BCUT2D eigenvalue weighted by Gasteiger charge is -2.33. The van der Waals surface area contributed by atoms with Gasteiger partial charge in [0.05, 0.1) is 12.2 Å². The Morgan fingerprint density at radius 1 is 1.29 bits per heavy atom. The number of para-hydroxylation sites is 1. The van der Waals surface area contributed by atoms with Crippen molar-refractivity contribution in [2.75, 3.05) is 18.2 Å². The third-order valence-corrected chi connectivity index (χ3v) is 5.02. The highest BCUT2D eigenvalue weighted by molar-refractivity contribution is 6.79. The minimum atomic E-state index is -1.48. The first-order valence-corrected chi connectivity index (χ1v) is 9.32. The number of carbonyl (C=O) groups excluding carboxylic acids is 1. The Balaban J connectivity index is 3.12. The van der Waals surface area contributed by atoms with E-state index in [0.29, 0.717) is 12.2 Å². The number of benzene rings is 1. The molecule has 0 fully saturated rings. The fraction of sp³-hybridized carbons (Fsp3) is 0.462. The largest absolute Gasteiger partial charge is 0.462 e. The standard InChI is InChI=1S/C13H21NO2Si/c1-6-16-13(15)11-9-7-8-10-12(11)14(2)17(3,4)5/h7-10H,6H2,1-5H3. The highest BCUT2D eigenvalue weighted by Crippen LogP contribution is 2.24. The van der Waals surface area contributed by atoms with Gasteiger partial charge in [-0.05, 0) is 26.1 Å². The lowest BCUT2D eigenvalue weighted by molar-refractivity contribution is 0.0527. The van der Waals surface area contributed by atoms with Crippen LogP contribution in [-0.2, 0) is 4.74 Å². The first kappa shape index (κ1) is 13.8. The summed E-state index contributed by atoms with van der Waals surface area (Å²) in [5.74, 6) is -0.242. The SMILES string of the molecule is CCOC(=O)c1ccccc1N(C)[Si](C)(C)C. The van der Waals surface area contributed by atoms with Gasteiger partial charge in [0.15, 0.2) is 0 Å². The van der Waals surface area contributed by atoms with Crippen molar-refractivity contribution in [3.63, 3.8) is 0 Å². The van der Waals surface area contributed by atoms with Gasteiger partial charge in [0, 0.05) is 5.69 Å². The van der Waals surface area contributed by atoms with E-state index in [0.717, 1.165) is 5.69 Å².